The summed E-state index contributed by atoms with van der Waals surface area (Å²) in [4.78, 5) is 15.3. The Morgan fingerprint density at radius 3 is 1.72 bits per heavy atom. The van der Waals surface area contributed by atoms with Crippen LogP contribution < -0.4 is 31.1 Å². The van der Waals surface area contributed by atoms with Gasteiger partial charge in [-0.25, -0.2) is 0 Å². The van der Waals surface area contributed by atoms with Gasteiger partial charge in [0.15, 0.2) is 13.5 Å². The van der Waals surface area contributed by atoms with Gasteiger partial charge in [-0.1, -0.05) is 84.9 Å². The second-order valence-electron chi connectivity index (χ2n) is 10.7. The fraction of sp³-hybridized carbons (Fsp3) is 0.0571. The maximum absolute atomic E-state index is 12.9. The van der Waals surface area contributed by atoms with E-state index in [1.807, 2.05) is 26.2 Å². The lowest BCUT2D eigenvalue weighted by atomic mass is 10.1. The van der Waals surface area contributed by atoms with Gasteiger partial charge in [0.2, 0.25) is 0 Å². The number of aryl methyl sites for hydroxylation is 2. The monoisotopic (exact) mass is 518 g/mol. The molecule has 2 aliphatic rings. The molecule has 0 N–H and O–H groups in total. The maximum atomic E-state index is 12.9. The molecule has 0 aliphatic carbocycles. The van der Waals surface area contributed by atoms with Crippen molar-refractivity contribution in [2.75, 3.05) is 4.90 Å². The minimum atomic E-state index is -2.55. The summed E-state index contributed by atoms with van der Waals surface area (Å²) in [6.45, 7) is 1.88. The van der Waals surface area contributed by atoms with E-state index in [-0.39, 0.29) is 5.43 Å². The van der Waals surface area contributed by atoms with Gasteiger partial charge in [0.1, 0.15) is 0 Å². The SMILES string of the molecule is Cc1cn(C)c2cc(N3c4ccccc4[Si]4(c5ccccc5-c5ccccc54)c4ccccc43)ccc2c1=O. The van der Waals surface area contributed by atoms with Crippen LogP contribution >= 0.6 is 0 Å². The first-order valence-corrected chi connectivity index (χ1v) is 15.4. The maximum Gasteiger partial charge on any atom is 0.192 e. The second-order valence-corrected chi connectivity index (χ2v) is 14.3. The molecule has 39 heavy (non-hydrogen) atoms. The van der Waals surface area contributed by atoms with Crippen LogP contribution in [0.3, 0.4) is 0 Å². The number of rotatable bonds is 1. The Balaban J connectivity index is 1.48. The lowest BCUT2D eigenvalue weighted by Gasteiger charge is -2.43. The van der Waals surface area contributed by atoms with Gasteiger partial charge in [-0.2, -0.15) is 0 Å². The highest BCUT2D eigenvalue weighted by molar-refractivity contribution is 7.23. The number of hydrogen-bond donors (Lipinski definition) is 0. The van der Waals surface area contributed by atoms with E-state index in [1.165, 1.54) is 43.2 Å². The minimum absolute atomic E-state index is 0.0969. The molecule has 0 saturated carbocycles. The van der Waals surface area contributed by atoms with Gasteiger partial charge in [0, 0.05) is 41.3 Å². The molecule has 0 radical (unpaired) electrons. The molecule has 2 aliphatic heterocycles. The van der Waals surface area contributed by atoms with Crippen molar-refractivity contribution in [1.29, 1.82) is 0 Å². The normalized spacial score (nSPS) is 14.2. The lowest BCUT2D eigenvalue weighted by Crippen LogP contribution is -2.75. The van der Waals surface area contributed by atoms with Gasteiger partial charge in [-0.05, 0) is 69.1 Å². The molecular formula is C35H26N2OSi. The van der Waals surface area contributed by atoms with Gasteiger partial charge in [0.25, 0.3) is 0 Å². The van der Waals surface area contributed by atoms with Crippen molar-refractivity contribution in [3.63, 3.8) is 0 Å². The number of hydrogen-bond acceptors (Lipinski definition) is 2. The third-order valence-corrected chi connectivity index (χ3v) is 13.6. The second kappa shape index (κ2) is 7.92. The predicted molar refractivity (Wildman–Crippen MR) is 165 cm³/mol. The molecule has 4 heteroatoms. The highest BCUT2D eigenvalue weighted by Gasteiger charge is 2.53. The molecule has 8 rings (SSSR count). The van der Waals surface area contributed by atoms with Gasteiger partial charge >= 0.3 is 0 Å². The van der Waals surface area contributed by atoms with Crippen LogP contribution in [0, 0.1) is 6.92 Å². The fourth-order valence-electron chi connectivity index (χ4n) is 7.11. The minimum Gasteiger partial charge on any atom is -0.350 e. The van der Waals surface area contributed by atoms with Crippen molar-refractivity contribution in [2.45, 2.75) is 6.92 Å². The third kappa shape index (κ3) is 2.79. The zero-order chi connectivity index (χ0) is 26.3. The molecule has 186 valence electrons. The molecule has 0 amide bonds. The van der Waals surface area contributed by atoms with E-state index < -0.39 is 8.07 Å². The summed E-state index contributed by atoms with van der Waals surface area (Å²) in [5.41, 5.74) is 7.99. The summed E-state index contributed by atoms with van der Waals surface area (Å²) in [7, 11) is -0.536. The molecule has 1 spiro atoms. The Kier molecular flexibility index (Phi) is 4.53. The quantitative estimate of drug-likeness (QED) is 0.286. The molecule has 1 aromatic heterocycles. The van der Waals surface area contributed by atoms with Crippen LogP contribution in [0.1, 0.15) is 5.56 Å². The summed E-state index contributed by atoms with van der Waals surface area (Å²) >= 11 is 0. The summed E-state index contributed by atoms with van der Waals surface area (Å²) < 4.78 is 2.07. The number of fused-ring (bicyclic) bond motifs is 10. The van der Waals surface area contributed by atoms with E-state index >= 15 is 0 Å². The van der Waals surface area contributed by atoms with E-state index in [4.69, 9.17) is 0 Å². The number of nitrogens with zero attached hydrogens (tertiary/aromatic N) is 2. The van der Waals surface area contributed by atoms with Crippen molar-refractivity contribution in [3.05, 3.63) is 137 Å². The van der Waals surface area contributed by atoms with E-state index in [0.717, 1.165) is 22.2 Å². The topological polar surface area (TPSA) is 25.2 Å². The Labute approximate surface area is 228 Å². The van der Waals surface area contributed by atoms with E-state index in [2.05, 4.69) is 119 Å². The zero-order valence-corrected chi connectivity index (χ0v) is 22.8. The van der Waals surface area contributed by atoms with Crippen LogP contribution in [-0.2, 0) is 7.05 Å². The van der Waals surface area contributed by atoms with Crippen molar-refractivity contribution in [3.8, 4) is 11.1 Å². The van der Waals surface area contributed by atoms with E-state index in [1.54, 1.807) is 0 Å². The van der Waals surface area contributed by atoms with E-state index in [9.17, 15) is 4.79 Å². The number of aromatic nitrogens is 1. The van der Waals surface area contributed by atoms with Crippen LogP contribution in [0.15, 0.2) is 126 Å². The fourth-order valence-corrected chi connectivity index (χ4v) is 12.6. The summed E-state index contributed by atoms with van der Waals surface area (Å²) in [5, 5.41) is 6.48. The highest BCUT2D eigenvalue weighted by Crippen LogP contribution is 2.41. The van der Waals surface area contributed by atoms with Gasteiger partial charge in [0.05, 0.1) is 5.52 Å². The first-order valence-electron chi connectivity index (χ1n) is 13.4. The highest BCUT2D eigenvalue weighted by atomic mass is 28.3. The molecule has 6 aromatic rings. The molecule has 0 saturated heterocycles. The van der Waals surface area contributed by atoms with Gasteiger partial charge in [-0.15, -0.1) is 0 Å². The van der Waals surface area contributed by atoms with Gasteiger partial charge in [-0.3, -0.25) is 4.79 Å². The third-order valence-electron chi connectivity index (χ3n) is 8.66. The Bertz CT molecular complexity index is 1940. The van der Waals surface area contributed by atoms with Gasteiger partial charge < -0.3 is 9.47 Å². The molecule has 0 unspecified atom stereocenters. The largest absolute Gasteiger partial charge is 0.350 e. The van der Waals surface area contributed by atoms with Crippen molar-refractivity contribution in [2.24, 2.45) is 7.05 Å². The number of anilines is 3. The molecular weight excluding hydrogens is 492 g/mol. The predicted octanol–water partition coefficient (Wildman–Crippen LogP) is 4.99. The van der Waals surface area contributed by atoms with Crippen LogP contribution in [0.25, 0.3) is 22.0 Å². The molecule has 5 aromatic carbocycles. The Hall–Kier alpha value is -4.67. The number of benzene rings is 5. The first-order chi connectivity index (χ1) is 19.1. The van der Waals surface area contributed by atoms with Crippen LogP contribution in [-0.4, -0.2) is 12.6 Å². The average Bonchev–Trinajstić information content (AvgIpc) is 3.27. The van der Waals surface area contributed by atoms with Crippen molar-refractivity contribution < 1.29 is 0 Å². The number of para-hydroxylation sites is 2. The standard InChI is InChI=1S/C35H26N2OSi/c1-23-22-36(2)30-21-24(19-20-27(30)35(23)38)37-28-13-5-9-17-33(28)39(34-18-10-6-14-29(34)37)31-15-7-3-11-25(31)26-12-4-8-16-32(26)39/h3-22H,1-2H3. The molecule has 0 bridgehead atoms. The summed E-state index contributed by atoms with van der Waals surface area (Å²) in [5.74, 6) is 0. The van der Waals surface area contributed by atoms with Crippen LogP contribution in [0.5, 0.6) is 0 Å². The van der Waals surface area contributed by atoms with Crippen molar-refractivity contribution >= 4 is 56.8 Å². The smallest absolute Gasteiger partial charge is 0.192 e. The Morgan fingerprint density at radius 2 is 1.13 bits per heavy atom. The van der Waals surface area contributed by atoms with Crippen LogP contribution in [0.2, 0.25) is 0 Å². The summed E-state index contributed by atoms with van der Waals surface area (Å²) in [6, 6.07) is 42.2. The van der Waals surface area contributed by atoms with Crippen molar-refractivity contribution in [1.82, 2.24) is 4.57 Å². The average molecular weight is 519 g/mol. The lowest BCUT2D eigenvalue weighted by molar-refractivity contribution is 0.938. The molecule has 3 heterocycles. The molecule has 0 fully saturated rings. The zero-order valence-electron chi connectivity index (χ0n) is 21.8. The Morgan fingerprint density at radius 1 is 0.615 bits per heavy atom. The van der Waals surface area contributed by atoms with E-state index in [0.29, 0.717) is 0 Å². The van der Waals surface area contributed by atoms with Crippen LogP contribution in [0.4, 0.5) is 17.1 Å². The molecule has 0 atom stereocenters. The summed E-state index contributed by atoms with van der Waals surface area (Å²) in [6.07, 6.45) is 1.93. The number of pyridine rings is 1. The molecule has 3 nitrogen and oxygen atoms in total. The first kappa shape index (κ1) is 22.3.